The lowest BCUT2D eigenvalue weighted by Gasteiger charge is -2.41. The number of imidazole rings is 1. The van der Waals surface area contributed by atoms with E-state index >= 15 is 4.39 Å². The lowest BCUT2D eigenvalue weighted by atomic mass is 9.92. The smallest absolute Gasteiger partial charge is 0.339 e. The van der Waals surface area contributed by atoms with Crippen LogP contribution in [0.5, 0.6) is 5.75 Å². The summed E-state index contributed by atoms with van der Waals surface area (Å²) in [6.07, 6.45) is 7.07. The fourth-order valence-corrected chi connectivity index (χ4v) is 6.61. The molecule has 1 saturated heterocycles. The van der Waals surface area contributed by atoms with Crippen LogP contribution in [0.15, 0.2) is 66.9 Å². The summed E-state index contributed by atoms with van der Waals surface area (Å²) >= 11 is 0. The van der Waals surface area contributed by atoms with Crippen molar-refractivity contribution in [3.63, 3.8) is 0 Å². The van der Waals surface area contributed by atoms with Crippen LogP contribution in [0.3, 0.4) is 0 Å². The fraction of sp³-hybridized carbons (Fsp3) is 0.436. The zero-order valence-corrected chi connectivity index (χ0v) is 29.0. The van der Waals surface area contributed by atoms with Crippen molar-refractivity contribution < 1.29 is 28.1 Å². The molecular formula is C39H46FN3O5. The highest BCUT2D eigenvalue weighted by molar-refractivity contribution is 5.81. The van der Waals surface area contributed by atoms with Crippen LogP contribution in [0.25, 0.3) is 28.0 Å². The highest BCUT2D eigenvalue weighted by Crippen LogP contribution is 2.41. The Balaban J connectivity index is 1.56. The van der Waals surface area contributed by atoms with Gasteiger partial charge in [0, 0.05) is 42.4 Å². The zero-order valence-electron chi connectivity index (χ0n) is 29.0. The Labute approximate surface area is 282 Å². The molecule has 0 radical (unpaired) electrons. The molecule has 3 aliphatic rings. The number of pyridine rings is 1. The minimum Gasteiger partial charge on any atom is -0.487 e. The van der Waals surface area contributed by atoms with E-state index in [1.165, 1.54) is 13.2 Å². The molecule has 4 aromatic rings. The number of aryl methyl sites for hydroxylation is 1. The van der Waals surface area contributed by atoms with E-state index in [9.17, 15) is 4.79 Å². The van der Waals surface area contributed by atoms with Gasteiger partial charge < -0.3 is 23.8 Å². The van der Waals surface area contributed by atoms with Crippen LogP contribution in [-0.4, -0.2) is 59.5 Å². The summed E-state index contributed by atoms with van der Waals surface area (Å²) in [7, 11) is 1.39. The first-order valence-corrected chi connectivity index (χ1v) is 16.7. The number of methoxy groups -OCH3 is 1. The Bertz CT molecular complexity index is 1830. The minimum atomic E-state index is -0.947. The molecule has 8 nitrogen and oxygen atoms in total. The molecule has 0 spiro atoms. The highest BCUT2D eigenvalue weighted by Gasteiger charge is 2.37. The van der Waals surface area contributed by atoms with Crippen LogP contribution in [0.4, 0.5) is 10.2 Å². The number of carbonyl (C=O) groups is 1. The molecule has 2 unspecified atom stereocenters. The van der Waals surface area contributed by atoms with E-state index in [0.717, 1.165) is 52.3 Å². The molecule has 3 aliphatic heterocycles. The molecule has 254 valence electrons. The molecule has 7 rings (SSSR count). The summed E-state index contributed by atoms with van der Waals surface area (Å²) in [5.74, 6) is 0.215. The average Bonchev–Trinajstić information content (AvgIpc) is 3.47. The molecule has 2 atom stereocenters. The Morgan fingerprint density at radius 1 is 1.08 bits per heavy atom. The first kappa shape index (κ1) is 33.7. The van der Waals surface area contributed by atoms with Gasteiger partial charge in [0.2, 0.25) is 0 Å². The Morgan fingerprint density at radius 2 is 1.81 bits per heavy atom. The van der Waals surface area contributed by atoms with Gasteiger partial charge in [-0.05, 0) is 83.7 Å². The highest BCUT2D eigenvalue weighted by atomic mass is 19.1. The second kappa shape index (κ2) is 13.4. The number of ether oxygens (including phenoxy) is 4. The number of hydrogen-bond donors (Lipinski definition) is 0. The molecule has 2 aromatic carbocycles. The Morgan fingerprint density at radius 3 is 2.54 bits per heavy atom. The SMILES string of the molecule is COC(=O)C(OC(C)(C)C)c1c(C)cc2nc3cn2c1N1CCC(C)(CC1)OCC=CCC(C)Oc1c(F)cccc1-c1cccc-3c1. The molecule has 0 amide bonds. The van der Waals surface area contributed by atoms with Gasteiger partial charge in [-0.1, -0.05) is 42.5 Å². The largest absolute Gasteiger partial charge is 0.487 e. The minimum absolute atomic E-state index is 0.226. The predicted octanol–water partition coefficient (Wildman–Crippen LogP) is 8.25. The van der Waals surface area contributed by atoms with Gasteiger partial charge in [-0.25, -0.2) is 14.2 Å². The van der Waals surface area contributed by atoms with Gasteiger partial charge in [-0.3, -0.25) is 4.40 Å². The maximum Gasteiger partial charge on any atom is 0.339 e. The molecule has 48 heavy (non-hydrogen) atoms. The van der Waals surface area contributed by atoms with Crippen molar-refractivity contribution in [1.29, 1.82) is 0 Å². The van der Waals surface area contributed by atoms with Crippen LogP contribution < -0.4 is 9.64 Å². The Kier molecular flexibility index (Phi) is 9.37. The van der Waals surface area contributed by atoms with Gasteiger partial charge in [-0.2, -0.15) is 0 Å². The maximum atomic E-state index is 15.3. The third-order valence-corrected chi connectivity index (χ3v) is 9.16. The zero-order chi connectivity index (χ0) is 34.2. The number of halogens is 1. The van der Waals surface area contributed by atoms with Crippen molar-refractivity contribution in [3.8, 4) is 28.1 Å². The topological polar surface area (TPSA) is 74.5 Å². The summed E-state index contributed by atoms with van der Waals surface area (Å²) in [6, 6.07) is 14.9. The molecule has 6 bridgehead atoms. The number of aromatic nitrogens is 2. The number of hydrogen-bond acceptors (Lipinski definition) is 7. The number of anilines is 1. The molecule has 0 saturated carbocycles. The summed E-state index contributed by atoms with van der Waals surface area (Å²) < 4.78 is 41.7. The molecule has 9 heteroatoms. The monoisotopic (exact) mass is 655 g/mol. The van der Waals surface area contributed by atoms with Crippen LogP contribution in [-0.2, 0) is 19.0 Å². The molecule has 0 N–H and O–H groups in total. The quantitative estimate of drug-likeness (QED) is 0.163. The van der Waals surface area contributed by atoms with E-state index in [2.05, 4.69) is 16.2 Å². The third-order valence-electron chi connectivity index (χ3n) is 9.16. The van der Waals surface area contributed by atoms with E-state index in [4.69, 9.17) is 23.9 Å². The van der Waals surface area contributed by atoms with Crippen molar-refractivity contribution in [2.24, 2.45) is 0 Å². The number of fused-ring (bicyclic) bond motifs is 7. The number of benzene rings is 2. The predicted molar refractivity (Wildman–Crippen MR) is 186 cm³/mol. The lowest BCUT2D eigenvalue weighted by molar-refractivity contribution is -0.164. The van der Waals surface area contributed by atoms with E-state index in [1.807, 2.05) is 89.4 Å². The number of rotatable bonds is 3. The number of para-hydroxylation sites is 1. The summed E-state index contributed by atoms with van der Waals surface area (Å²) in [5.41, 5.74) is 4.56. The van der Waals surface area contributed by atoms with Crippen molar-refractivity contribution in [2.75, 3.05) is 31.7 Å². The van der Waals surface area contributed by atoms with Gasteiger partial charge in [0.25, 0.3) is 0 Å². The van der Waals surface area contributed by atoms with Crippen LogP contribution >= 0.6 is 0 Å². The van der Waals surface area contributed by atoms with Gasteiger partial charge in [0.05, 0.1) is 36.7 Å². The lowest BCUT2D eigenvalue weighted by Crippen LogP contribution is -2.45. The van der Waals surface area contributed by atoms with Gasteiger partial charge in [-0.15, -0.1) is 0 Å². The van der Waals surface area contributed by atoms with Crippen molar-refractivity contribution in [3.05, 3.63) is 83.8 Å². The van der Waals surface area contributed by atoms with Gasteiger partial charge >= 0.3 is 5.97 Å². The Hall–Kier alpha value is -4.21. The van der Waals surface area contributed by atoms with Gasteiger partial charge in [0.1, 0.15) is 11.5 Å². The maximum absolute atomic E-state index is 15.3. The number of piperidine rings is 1. The van der Waals surface area contributed by atoms with Crippen molar-refractivity contribution >= 4 is 17.4 Å². The van der Waals surface area contributed by atoms with Gasteiger partial charge in [0.15, 0.2) is 17.7 Å². The number of esters is 1. The molecule has 1 fully saturated rings. The van der Waals surface area contributed by atoms with Crippen LogP contribution in [0.1, 0.15) is 71.1 Å². The summed E-state index contributed by atoms with van der Waals surface area (Å²) in [5, 5.41) is 0. The van der Waals surface area contributed by atoms with E-state index in [0.29, 0.717) is 31.7 Å². The normalized spacial score (nSPS) is 20.8. The van der Waals surface area contributed by atoms with E-state index in [1.54, 1.807) is 6.07 Å². The summed E-state index contributed by atoms with van der Waals surface area (Å²) in [4.78, 5) is 20.8. The van der Waals surface area contributed by atoms with E-state index < -0.39 is 23.5 Å². The third kappa shape index (κ3) is 6.98. The van der Waals surface area contributed by atoms with Crippen molar-refractivity contribution in [1.82, 2.24) is 9.38 Å². The first-order chi connectivity index (χ1) is 22.9. The second-order valence-corrected chi connectivity index (χ2v) is 14.1. The fourth-order valence-electron chi connectivity index (χ4n) is 6.61. The van der Waals surface area contributed by atoms with Crippen molar-refractivity contribution in [2.45, 2.75) is 84.2 Å². The number of nitrogens with zero attached hydrogens (tertiary/aromatic N) is 3. The summed E-state index contributed by atoms with van der Waals surface area (Å²) in [6.45, 7) is 13.8. The molecule has 2 aromatic heterocycles. The van der Waals surface area contributed by atoms with Crippen LogP contribution in [0, 0.1) is 12.7 Å². The second-order valence-electron chi connectivity index (χ2n) is 14.1. The van der Waals surface area contributed by atoms with E-state index in [-0.39, 0.29) is 17.5 Å². The molecule has 5 heterocycles. The van der Waals surface area contributed by atoms with Crippen LogP contribution in [0.2, 0.25) is 0 Å². The molecule has 0 aliphatic carbocycles. The average molecular weight is 656 g/mol. The molecular weight excluding hydrogens is 609 g/mol. The number of carbonyl (C=O) groups excluding carboxylic acids is 1. The first-order valence-electron chi connectivity index (χ1n) is 16.7. The standard InChI is InChI=1S/C39H46FN3O5/c1-25-22-32-41-31-24-43(32)36(33(25)35(37(44)45-7)48-38(3,4)5)42-19-17-39(6,18-20-42)46-21-9-8-12-26(2)47-34-29(15-11-16-30(34)40)27-13-10-14-28(31)23-27/h8-11,13-16,22-24,26,35H,12,17-21H2,1-7H3.